The van der Waals surface area contributed by atoms with E-state index < -0.39 is 18.0 Å². The zero-order valence-electron chi connectivity index (χ0n) is 41.9. The van der Waals surface area contributed by atoms with Gasteiger partial charge in [0.2, 0.25) is 6.29 Å². The molecule has 67 heavy (non-hydrogen) atoms. The molecule has 0 aliphatic heterocycles. The van der Waals surface area contributed by atoms with Crippen LogP contribution in [0.5, 0.6) is 11.5 Å². The van der Waals surface area contributed by atoms with E-state index in [9.17, 15) is 5.11 Å². The highest BCUT2D eigenvalue weighted by molar-refractivity contribution is 5.47. The average Bonchev–Trinajstić information content (AvgIpc) is 3.37. The van der Waals surface area contributed by atoms with Crippen LogP contribution in [0.4, 0.5) is 0 Å². The Morgan fingerprint density at radius 1 is 0.373 bits per heavy atom. The maximum absolute atomic E-state index is 11.9. The maximum atomic E-state index is 11.9. The summed E-state index contributed by atoms with van der Waals surface area (Å²) >= 11 is 0. The second-order valence-corrected chi connectivity index (χ2v) is 19.2. The quantitative estimate of drug-likeness (QED) is 0.0244. The number of benzene rings is 5. The molecule has 1 atom stereocenters. The first-order valence-electron chi connectivity index (χ1n) is 27.1. The highest BCUT2D eigenvalue weighted by atomic mass is 16.7. The molecule has 0 radical (unpaired) electrons. The SMILES string of the molecule is CCCCCCCCCCCCCCc1ccc(OC(CC(O)COC(c2ccccc2)(c2ccccc2)c2ccccc2)Oc2ccc(CCCCCCCCCCCCCC)cc2)cc1. The van der Waals surface area contributed by atoms with Crippen molar-refractivity contribution in [1.82, 2.24) is 0 Å². The van der Waals surface area contributed by atoms with Crippen molar-refractivity contribution in [2.45, 2.75) is 205 Å². The lowest BCUT2D eigenvalue weighted by atomic mass is 9.80. The van der Waals surface area contributed by atoms with E-state index in [4.69, 9.17) is 14.2 Å². The minimum Gasteiger partial charge on any atom is -0.455 e. The zero-order chi connectivity index (χ0) is 46.9. The van der Waals surface area contributed by atoms with Gasteiger partial charge in [0.05, 0.1) is 12.7 Å². The van der Waals surface area contributed by atoms with E-state index in [1.807, 2.05) is 54.6 Å². The fraction of sp³-hybridized carbons (Fsp3) is 0.524. The van der Waals surface area contributed by atoms with Crippen LogP contribution in [0.15, 0.2) is 140 Å². The fourth-order valence-corrected chi connectivity index (χ4v) is 9.51. The molecule has 5 rings (SSSR count). The van der Waals surface area contributed by atoms with Gasteiger partial charge in [-0.25, -0.2) is 0 Å². The first-order valence-corrected chi connectivity index (χ1v) is 27.1. The van der Waals surface area contributed by atoms with Crippen LogP contribution in [0, 0.1) is 0 Å². The van der Waals surface area contributed by atoms with Gasteiger partial charge in [0.1, 0.15) is 17.1 Å². The highest BCUT2D eigenvalue weighted by Crippen LogP contribution is 2.40. The molecule has 1 unspecified atom stereocenters. The fourth-order valence-electron chi connectivity index (χ4n) is 9.51. The van der Waals surface area contributed by atoms with Crippen molar-refractivity contribution >= 4 is 0 Å². The molecule has 0 heterocycles. The van der Waals surface area contributed by atoms with Crippen molar-refractivity contribution in [3.63, 3.8) is 0 Å². The van der Waals surface area contributed by atoms with E-state index in [2.05, 4.69) is 98.8 Å². The van der Waals surface area contributed by atoms with E-state index >= 15 is 0 Å². The number of ether oxygens (including phenoxy) is 3. The maximum Gasteiger partial charge on any atom is 0.243 e. The van der Waals surface area contributed by atoms with Crippen molar-refractivity contribution < 1.29 is 19.3 Å². The number of unbranched alkanes of at least 4 members (excludes halogenated alkanes) is 22. The van der Waals surface area contributed by atoms with Gasteiger partial charge in [-0.15, -0.1) is 0 Å². The van der Waals surface area contributed by atoms with Gasteiger partial charge >= 0.3 is 0 Å². The minimum atomic E-state index is -0.936. The van der Waals surface area contributed by atoms with E-state index in [0.29, 0.717) is 0 Å². The Morgan fingerprint density at radius 3 is 0.985 bits per heavy atom. The summed E-state index contributed by atoms with van der Waals surface area (Å²) in [5, 5.41) is 11.9. The van der Waals surface area contributed by atoms with Crippen LogP contribution in [0.3, 0.4) is 0 Å². The Hall–Kier alpha value is -4.38. The molecular formula is C63H88O4. The van der Waals surface area contributed by atoms with Gasteiger partial charge in [-0.1, -0.05) is 270 Å². The summed E-state index contributed by atoms with van der Waals surface area (Å²) in [7, 11) is 0. The van der Waals surface area contributed by atoms with Gasteiger partial charge < -0.3 is 19.3 Å². The monoisotopic (exact) mass is 909 g/mol. The van der Waals surface area contributed by atoms with E-state index in [1.165, 1.54) is 165 Å². The second-order valence-electron chi connectivity index (χ2n) is 19.2. The third kappa shape index (κ3) is 20.4. The topological polar surface area (TPSA) is 47.9 Å². The van der Waals surface area contributed by atoms with E-state index in [0.717, 1.165) is 41.0 Å². The lowest BCUT2D eigenvalue weighted by Crippen LogP contribution is -2.37. The van der Waals surface area contributed by atoms with Crippen molar-refractivity contribution in [3.8, 4) is 11.5 Å². The molecule has 0 amide bonds. The second kappa shape index (κ2) is 33.2. The largest absolute Gasteiger partial charge is 0.455 e. The number of rotatable bonds is 38. The third-order valence-corrected chi connectivity index (χ3v) is 13.5. The lowest BCUT2D eigenvalue weighted by Gasteiger charge is -2.37. The Balaban J connectivity index is 1.17. The molecule has 4 nitrogen and oxygen atoms in total. The smallest absolute Gasteiger partial charge is 0.243 e. The van der Waals surface area contributed by atoms with Crippen LogP contribution < -0.4 is 9.47 Å². The number of hydrogen-bond donors (Lipinski definition) is 1. The van der Waals surface area contributed by atoms with E-state index in [-0.39, 0.29) is 13.0 Å². The number of aliphatic hydroxyl groups is 1. The third-order valence-electron chi connectivity index (χ3n) is 13.5. The normalized spacial score (nSPS) is 12.1. The van der Waals surface area contributed by atoms with Gasteiger partial charge in [0.25, 0.3) is 0 Å². The van der Waals surface area contributed by atoms with Gasteiger partial charge in [-0.3, -0.25) is 0 Å². The first-order chi connectivity index (χ1) is 33.1. The molecule has 0 aromatic heterocycles. The summed E-state index contributed by atoms with van der Waals surface area (Å²) in [6, 6.07) is 47.9. The molecule has 0 aliphatic carbocycles. The van der Waals surface area contributed by atoms with Crippen molar-refractivity contribution in [2.75, 3.05) is 6.61 Å². The molecule has 5 aromatic carbocycles. The number of aliphatic hydroxyl groups excluding tert-OH is 1. The summed E-state index contributed by atoms with van der Waals surface area (Å²) in [4.78, 5) is 0. The van der Waals surface area contributed by atoms with Crippen LogP contribution in [0.2, 0.25) is 0 Å². The molecule has 5 aromatic rings. The van der Waals surface area contributed by atoms with E-state index in [1.54, 1.807) is 0 Å². The summed E-state index contributed by atoms with van der Waals surface area (Å²) in [5.41, 5.74) is 4.71. The van der Waals surface area contributed by atoms with Gasteiger partial charge in [-0.05, 0) is 77.8 Å². The molecule has 1 N–H and O–H groups in total. The summed E-state index contributed by atoms with van der Waals surface area (Å²) in [6.07, 6.45) is 33.3. The van der Waals surface area contributed by atoms with Crippen LogP contribution in [0.25, 0.3) is 0 Å². The Kier molecular flexibility index (Phi) is 26.5. The van der Waals surface area contributed by atoms with Gasteiger partial charge in [-0.2, -0.15) is 0 Å². The molecule has 4 heteroatoms. The molecule has 364 valence electrons. The van der Waals surface area contributed by atoms with Crippen LogP contribution >= 0.6 is 0 Å². The van der Waals surface area contributed by atoms with Crippen LogP contribution in [-0.2, 0) is 23.2 Å². The van der Waals surface area contributed by atoms with Crippen molar-refractivity contribution in [3.05, 3.63) is 167 Å². The van der Waals surface area contributed by atoms with Gasteiger partial charge in [0, 0.05) is 6.42 Å². The van der Waals surface area contributed by atoms with Crippen molar-refractivity contribution in [1.29, 1.82) is 0 Å². The Bertz CT molecular complexity index is 1740. The average molecular weight is 909 g/mol. The van der Waals surface area contributed by atoms with Gasteiger partial charge in [0.15, 0.2) is 0 Å². The summed E-state index contributed by atoms with van der Waals surface area (Å²) in [6.45, 7) is 4.64. The molecule has 0 saturated carbocycles. The summed E-state index contributed by atoms with van der Waals surface area (Å²) in [5.74, 6) is 1.46. The van der Waals surface area contributed by atoms with Crippen LogP contribution in [0.1, 0.15) is 202 Å². The van der Waals surface area contributed by atoms with Crippen molar-refractivity contribution in [2.24, 2.45) is 0 Å². The zero-order valence-corrected chi connectivity index (χ0v) is 41.9. The molecular weight excluding hydrogens is 821 g/mol. The molecule has 0 bridgehead atoms. The Labute approximate surface area is 408 Å². The molecule has 0 fully saturated rings. The first kappa shape index (κ1) is 53.6. The predicted molar refractivity (Wildman–Crippen MR) is 283 cm³/mol. The lowest BCUT2D eigenvalue weighted by molar-refractivity contribution is -0.0770. The molecule has 0 saturated heterocycles. The predicted octanol–water partition coefficient (Wildman–Crippen LogP) is 17.7. The molecule has 0 spiro atoms. The Morgan fingerprint density at radius 2 is 0.672 bits per heavy atom. The number of hydrogen-bond acceptors (Lipinski definition) is 4. The van der Waals surface area contributed by atoms with Crippen LogP contribution in [-0.4, -0.2) is 24.1 Å². The highest BCUT2D eigenvalue weighted by Gasteiger charge is 2.38. The summed E-state index contributed by atoms with van der Waals surface area (Å²) < 4.78 is 20.2. The minimum absolute atomic E-state index is 0.0673. The number of aryl methyl sites for hydroxylation is 2. The molecule has 0 aliphatic rings. The standard InChI is InChI=1S/C63H88O4/c1-3-5-7-9-11-13-15-17-19-21-23-28-36-54-44-48-60(49-45-54)66-62(67-61-50-46-55(47-51-61)37-29-24-22-20-18-16-14-12-10-8-6-4-2)52-59(64)53-65-63(56-38-30-25-31-39-56,57-40-32-26-33-41-57)58-42-34-27-35-43-58/h25-27,30-35,38-51,59,62,64H,3-24,28-29,36-37,52-53H2,1-2H3.